The van der Waals surface area contributed by atoms with Gasteiger partial charge in [-0.1, -0.05) is 32.1 Å². The van der Waals surface area contributed by atoms with E-state index in [0.717, 1.165) is 24.4 Å². The highest BCUT2D eigenvalue weighted by Crippen LogP contribution is 2.28. The van der Waals surface area contributed by atoms with Crippen molar-refractivity contribution in [3.05, 3.63) is 10.0 Å². The Labute approximate surface area is 96.3 Å². The normalized spacial score (nSPS) is 13.4. The number of nitrogens with one attached hydrogen (secondary N) is 1. The van der Waals surface area contributed by atoms with Crippen LogP contribution in [0, 0.1) is 0 Å². The largest absolute Gasteiger partial charge is 0.308 e. The van der Waals surface area contributed by atoms with E-state index in [1.54, 1.807) is 11.3 Å². The highest BCUT2D eigenvalue weighted by Gasteiger charge is 2.15. The van der Waals surface area contributed by atoms with E-state index in [9.17, 15) is 0 Å². The summed E-state index contributed by atoms with van der Waals surface area (Å²) in [6.07, 6.45) is 2.31. The molecule has 1 aromatic heterocycles. The molecule has 1 unspecified atom stereocenters. The topological polar surface area (TPSA) is 37.8 Å². The molecule has 0 radical (unpaired) electrons. The lowest BCUT2D eigenvalue weighted by Gasteiger charge is -2.08. The SMILES string of the molecule is CCNC(C)c1nnc(C(CC)CC)s1. The second kappa shape index (κ2) is 6.18. The first-order valence-electron chi connectivity index (χ1n) is 5.79. The first-order chi connectivity index (χ1) is 7.22. The van der Waals surface area contributed by atoms with Gasteiger partial charge in [0.2, 0.25) is 0 Å². The van der Waals surface area contributed by atoms with Crippen molar-refractivity contribution >= 4 is 11.3 Å². The lowest BCUT2D eigenvalue weighted by molar-refractivity contribution is 0.587. The molecule has 0 fully saturated rings. The third-order valence-corrected chi connectivity index (χ3v) is 3.94. The molecule has 1 heterocycles. The van der Waals surface area contributed by atoms with Crippen LogP contribution < -0.4 is 5.32 Å². The predicted octanol–water partition coefficient (Wildman–Crippen LogP) is 3.11. The second-order valence-corrected chi connectivity index (χ2v) is 4.81. The summed E-state index contributed by atoms with van der Waals surface area (Å²) in [6, 6.07) is 0.329. The fourth-order valence-corrected chi connectivity index (χ4v) is 2.76. The molecule has 1 rings (SSSR count). The van der Waals surface area contributed by atoms with E-state index in [1.807, 2.05) is 0 Å². The van der Waals surface area contributed by atoms with E-state index in [-0.39, 0.29) is 0 Å². The average molecular weight is 227 g/mol. The Bertz CT molecular complexity index is 281. The molecule has 0 aromatic carbocycles. The molecule has 0 amide bonds. The van der Waals surface area contributed by atoms with Gasteiger partial charge >= 0.3 is 0 Å². The zero-order valence-corrected chi connectivity index (χ0v) is 10.9. The summed E-state index contributed by atoms with van der Waals surface area (Å²) >= 11 is 1.75. The molecular weight excluding hydrogens is 206 g/mol. The minimum absolute atomic E-state index is 0.329. The fourth-order valence-electron chi connectivity index (χ4n) is 1.62. The van der Waals surface area contributed by atoms with Gasteiger partial charge in [-0.15, -0.1) is 10.2 Å². The zero-order chi connectivity index (χ0) is 11.3. The van der Waals surface area contributed by atoms with Crippen LogP contribution in [0.25, 0.3) is 0 Å². The smallest absolute Gasteiger partial charge is 0.134 e. The maximum absolute atomic E-state index is 4.29. The third kappa shape index (κ3) is 3.24. The summed E-state index contributed by atoms with van der Waals surface area (Å²) in [4.78, 5) is 0. The Morgan fingerprint density at radius 1 is 1.13 bits per heavy atom. The molecule has 1 atom stereocenters. The van der Waals surface area contributed by atoms with Crippen LogP contribution in [0.15, 0.2) is 0 Å². The van der Waals surface area contributed by atoms with Crippen LogP contribution in [-0.2, 0) is 0 Å². The summed E-state index contributed by atoms with van der Waals surface area (Å²) in [5.41, 5.74) is 0. The second-order valence-electron chi connectivity index (χ2n) is 3.77. The maximum Gasteiger partial charge on any atom is 0.134 e. The monoisotopic (exact) mass is 227 g/mol. The van der Waals surface area contributed by atoms with E-state index in [4.69, 9.17) is 0 Å². The molecule has 3 nitrogen and oxygen atoms in total. The highest BCUT2D eigenvalue weighted by molar-refractivity contribution is 7.11. The van der Waals surface area contributed by atoms with Crippen LogP contribution in [0.5, 0.6) is 0 Å². The first-order valence-corrected chi connectivity index (χ1v) is 6.61. The standard InChI is InChI=1S/C11H21N3S/c1-5-9(6-2)11-14-13-10(15-11)8(4)12-7-3/h8-9,12H,5-7H2,1-4H3. The lowest BCUT2D eigenvalue weighted by atomic mass is 10.1. The van der Waals surface area contributed by atoms with Crippen LogP contribution in [0.4, 0.5) is 0 Å². The van der Waals surface area contributed by atoms with E-state index < -0.39 is 0 Å². The number of aromatic nitrogens is 2. The van der Waals surface area contributed by atoms with Gasteiger partial charge in [-0.05, 0) is 26.3 Å². The van der Waals surface area contributed by atoms with Crippen molar-refractivity contribution in [1.29, 1.82) is 0 Å². The Morgan fingerprint density at radius 3 is 2.27 bits per heavy atom. The van der Waals surface area contributed by atoms with E-state index in [1.165, 1.54) is 5.01 Å². The molecule has 4 heteroatoms. The number of rotatable bonds is 6. The van der Waals surface area contributed by atoms with Crippen LogP contribution in [-0.4, -0.2) is 16.7 Å². The van der Waals surface area contributed by atoms with Crippen LogP contribution in [0.1, 0.15) is 62.5 Å². The quantitative estimate of drug-likeness (QED) is 0.811. The van der Waals surface area contributed by atoms with Gasteiger partial charge in [0.1, 0.15) is 10.0 Å². The van der Waals surface area contributed by atoms with Crippen molar-refractivity contribution in [3.8, 4) is 0 Å². The van der Waals surface area contributed by atoms with Gasteiger partial charge in [-0.25, -0.2) is 0 Å². The molecule has 0 saturated heterocycles. The van der Waals surface area contributed by atoms with Crippen molar-refractivity contribution in [2.75, 3.05) is 6.54 Å². The van der Waals surface area contributed by atoms with E-state index in [2.05, 4.69) is 43.2 Å². The summed E-state index contributed by atoms with van der Waals surface area (Å²) in [5, 5.41) is 14.2. The molecule has 0 aliphatic carbocycles. The Hall–Kier alpha value is -0.480. The zero-order valence-electron chi connectivity index (χ0n) is 10.1. The van der Waals surface area contributed by atoms with Crippen molar-refractivity contribution < 1.29 is 0 Å². The fraction of sp³-hybridized carbons (Fsp3) is 0.818. The molecule has 0 aliphatic rings. The van der Waals surface area contributed by atoms with Crippen molar-refractivity contribution in [1.82, 2.24) is 15.5 Å². The number of hydrogen-bond acceptors (Lipinski definition) is 4. The molecule has 0 aliphatic heterocycles. The molecule has 1 aromatic rings. The minimum Gasteiger partial charge on any atom is -0.308 e. The molecule has 0 bridgehead atoms. The van der Waals surface area contributed by atoms with Crippen LogP contribution in [0.2, 0.25) is 0 Å². The number of nitrogens with zero attached hydrogens (tertiary/aromatic N) is 2. The van der Waals surface area contributed by atoms with E-state index in [0.29, 0.717) is 12.0 Å². The summed E-state index contributed by atoms with van der Waals surface area (Å²) in [5.74, 6) is 0.588. The minimum atomic E-state index is 0.329. The van der Waals surface area contributed by atoms with Gasteiger partial charge in [0, 0.05) is 5.92 Å². The molecule has 0 saturated carbocycles. The van der Waals surface area contributed by atoms with Crippen LogP contribution in [0.3, 0.4) is 0 Å². The van der Waals surface area contributed by atoms with Crippen molar-refractivity contribution in [3.63, 3.8) is 0 Å². The maximum atomic E-state index is 4.29. The first kappa shape index (κ1) is 12.6. The highest BCUT2D eigenvalue weighted by atomic mass is 32.1. The van der Waals surface area contributed by atoms with Crippen molar-refractivity contribution in [2.24, 2.45) is 0 Å². The lowest BCUT2D eigenvalue weighted by Crippen LogP contribution is -2.17. The van der Waals surface area contributed by atoms with Gasteiger partial charge in [-0.3, -0.25) is 0 Å². The Kier molecular flexibility index (Phi) is 5.19. The van der Waals surface area contributed by atoms with Gasteiger partial charge in [-0.2, -0.15) is 0 Å². The van der Waals surface area contributed by atoms with Gasteiger partial charge in [0.05, 0.1) is 6.04 Å². The molecule has 0 spiro atoms. The van der Waals surface area contributed by atoms with Gasteiger partial charge in [0.25, 0.3) is 0 Å². The summed E-state index contributed by atoms with van der Waals surface area (Å²) in [7, 11) is 0. The molecule has 86 valence electrons. The van der Waals surface area contributed by atoms with Crippen molar-refractivity contribution in [2.45, 2.75) is 52.5 Å². The molecular formula is C11H21N3S. The summed E-state index contributed by atoms with van der Waals surface area (Å²) in [6.45, 7) is 9.65. The van der Waals surface area contributed by atoms with Gasteiger partial charge in [0.15, 0.2) is 0 Å². The summed E-state index contributed by atoms with van der Waals surface area (Å²) < 4.78 is 0. The predicted molar refractivity (Wildman–Crippen MR) is 65.3 cm³/mol. The molecule has 15 heavy (non-hydrogen) atoms. The van der Waals surface area contributed by atoms with Crippen LogP contribution >= 0.6 is 11.3 Å². The molecule has 1 N–H and O–H groups in total. The average Bonchev–Trinajstić information content (AvgIpc) is 2.69. The van der Waals surface area contributed by atoms with E-state index >= 15 is 0 Å². The third-order valence-electron chi connectivity index (χ3n) is 2.67. The number of hydrogen-bond donors (Lipinski definition) is 1. The van der Waals surface area contributed by atoms with Gasteiger partial charge < -0.3 is 5.32 Å². The Balaban J connectivity index is 2.70. The Morgan fingerprint density at radius 2 is 1.73 bits per heavy atom.